The van der Waals surface area contributed by atoms with Crippen molar-refractivity contribution in [2.75, 3.05) is 13.2 Å². The summed E-state index contributed by atoms with van der Waals surface area (Å²) in [5.74, 6) is 1.34. The summed E-state index contributed by atoms with van der Waals surface area (Å²) < 4.78 is 23.7. The fourth-order valence-electron chi connectivity index (χ4n) is 3.13. The number of nitrogens with zero attached hydrogens (tertiary/aromatic N) is 1. The standard InChI is InChI=1S/C18H19N3O4/c19-18(20)11-3-1-4-12(7-11)24-14-9-22-17-15(10-23-16(14)17)25-13-5-2-6-21-8-13/h1-8,14-17H,9-10H2,(H3,19,20)/t14-,15+,16+,17+/m0/s1. The molecule has 3 N–H and O–H groups in total. The molecule has 0 bridgehead atoms. The first-order valence-corrected chi connectivity index (χ1v) is 8.12. The van der Waals surface area contributed by atoms with Gasteiger partial charge in [-0.25, -0.2) is 0 Å². The number of amidine groups is 1. The molecule has 4 atom stereocenters. The molecule has 4 rings (SSSR count). The predicted molar refractivity (Wildman–Crippen MR) is 90.0 cm³/mol. The highest BCUT2D eigenvalue weighted by molar-refractivity contribution is 5.95. The molecule has 0 unspecified atom stereocenters. The summed E-state index contributed by atoms with van der Waals surface area (Å²) in [7, 11) is 0. The van der Waals surface area contributed by atoms with E-state index in [1.54, 1.807) is 24.5 Å². The monoisotopic (exact) mass is 341 g/mol. The fourth-order valence-corrected chi connectivity index (χ4v) is 3.13. The molecule has 0 amide bonds. The highest BCUT2D eigenvalue weighted by Crippen LogP contribution is 2.32. The van der Waals surface area contributed by atoms with Gasteiger partial charge in [0.15, 0.2) is 12.2 Å². The van der Waals surface area contributed by atoms with Gasteiger partial charge in [-0.2, -0.15) is 0 Å². The molecule has 0 spiro atoms. The van der Waals surface area contributed by atoms with Crippen molar-refractivity contribution in [2.24, 2.45) is 5.73 Å². The first-order chi connectivity index (χ1) is 12.2. The molecular formula is C18H19N3O4. The Balaban J connectivity index is 1.42. The number of rotatable bonds is 5. The minimum Gasteiger partial charge on any atom is -0.485 e. The Labute approximate surface area is 145 Å². The van der Waals surface area contributed by atoms with Gasteiger partial charge >= 0.3 is 0 Å². The van der Waals surface area contributed by atoms with Crippen molar-refractivity contribution in [1.82, 2.24) is 4.98 Å². The minimum atomic E-state index is -0.227. The summed E-state index contributed by atoms with van der Waals surface area (Å²) in [5, 5.41) is 7.52. The Bertz CT molecular complexity index is 755. The van der Waals surface area contributed by atoms with Crippen molar-refractivity contribution >= 4 is 5.84 Å². The molecule has 25 heavy (non-hydrogen) atoms. The second-order valence-corrected chi connectivity index (χ2v) is 6.04. The number of benzene rings is 1. The van der Waals surface area contributed by atoms with Crippen LogP contribution in [-0.4, -0.2) is 48.4 Å². The SMILES string of the molecule is N=C(N)c1cccc(O[C@H]2CO[C@H]3[C@@H]2OC[C@H]3Oc2cccnc2)c1. The van der Waals surface area contributed by atoms with Crippen LogP contribution in [0.2, 0.25) is 0 Å². The molecule has 0 saturated carbocycles. The van der Waals surface area contributed by atoms with Gasteiger partial charge in [-0.1, -0.05) is 12.1 Å². The van der Waals surface area contributed by atoms with Gasteiger partial charge in [0, 0.05) is 11.8 Å². The van der Waals surface area contributed by atoms with E-state index in [1.165, 1.54) is 0 Å². The molecule has 0 aliphatic carbocycles. The van der Waals surface area contributed by atoms with Crippen LogP contribution in [-0.2, 0) is 9.47 Å². The summed E-state index contributed by atoms with van der Waals surface area (Å²) in [5.41, 5.74) is 6.15. The highest BCUT2D eigenvalue weighted by atomic mass is 16.6. The molecule has 2 aliphatic heterocycles. The number of ether oxygens (including phenoxy) is 4. The van der Waals surface area contributed by atoms with Gasteiger partial charge in [-0.3, -0.25) is 10.4 Å². The van der Waals surface area contributed by atoms with Crippen LogP contribution in [0, 0.1) is 5.41 Å². The quantitative estimate of drug-likeness (QED) is 0.629. The van der Waals surface area contributed by atoms with Crippen LogP contribution < -0.4 is 15.2 Å². The van der Waals surface area contributed by atoms with E-state index in [4.69, 9.17) is 30.1 Å². The third kappa shape index (κ3) is 3.29. The molecule has 1 aromatic heterocycles. The Morgan fingerprint density at radius 3 is 2.36 bits per heavy atom. The van der Waals surface area contributed by atoms with Crippen LogP contribution in [0.25, 0.3) is 0 Å². The van der Waals surface area contributed by atoms with Crippen LogP contribution in [0.3, 0.4) is 0 Å². The first kappa shape index (κ1) is 15.9. The fraction of sp³-hybridized carbons (Fsp3) is 0.333. The number of nitrogen functional groups attached to an aromatic ring is 1. The third-order valence-electron chi connectivity index (χ3n) is 4.32. The van der Waals surface area contributed by atoms with Crippen molar-refractivity contribution < 1.29 is 18.9 Å². The average molecular weight is 341 g/mol. The van der Waals surface area contributed by atoms with Gasteiger partial charge in [0.25, 0.3) is 0 Å². The molecule has 7 heteroatoms. The topological polar surface area (TPSA) is 99.7 Å². The summed E-state index contributed by atoms with van der Waals surface area (Å²) >= 11 is 0. The normalized spacial score (nSPS) is 27.7. The van der Waals surface area contributed by atoms with Crippen LogP contribution in [0.1, 0.15) is 5.56 Å². The smallest absolute Gasteiger partial charge is 0.151 e. The van der Waals surface area contributed by atoms with Gasteiger partial charge in [0.05, 0.1) is 19.4 Å². The molecule has 2 saturated heterocycles. The highest BCUT2D eigenvalue weighted by Gasteiger charge is 2.50. The zero-order chi connectivity index (χ0) is 17.2. The van der Waals surface area contributed by atoms with Crippen LogP contribution in [0.5, 0.6) is 11.5 Å². The second kappa shape index (κ2) is 6.70. The first-order valence-electron chi connectivity index (χ1n) is 8.12. The van der Waals surface area contributed by atoms with Gasteiger partial charge in [-0.05, 0) is 24.3 Å². The van der Waals surface area contributed by atoms with E-state index in [9.17, 15) is 0 Å². The molecule has 0 radical (unpaired) electrons. The van der Waals surface area contributed by atoms with E-state index < -0.39 is 0 Å². The molecule has 2 fully saturated rings. The second-order valence-electron chi connectivity index (χ2n) is 6.04. The van der Waals surface area contributed by atoms with Gasteiger partial charge in [-0.15, -0.1) is 0 Å². The Morgan fingerprint density at radius 1 is 1.04 bits per heavy atom. The lowest BCUT2D eigenvalue weighted by atomic mass is 10.1. The Kier molecular flexibility index (Phi) is 4.25. The lowest BCUT2D eigenvalue weighted by molar-refractivity contribution is 0.0180. The van der Waals surface area contributed by atoms with Crippen molar-refractivity contribution in [3.8, 4) is 11.5 Å². The number of aromatic nitrogens is 1. The van der Waals surface area contributed by atoms with Gasteiger partial charge in [0.2, 0.25) is 0 Å². The molecule has 130 valence electrons. The summed E-state index contributed by atoms with van der Waals surface area (Å²) in [6, 6.07) is 10.8. The summed E-state index contributed by atoms with van der Waals surface area (Å²) in [4.78, 5) is 4.05. The lowest BCUT2D eigenvalue weighted by Gasteiger charge is -2.18. The van der Waals surface area contributed by atoms with Crippen molar-refractivity contribution in [1.29, 1.82) is 5.41 Å². The van der Waals surface area contributed by atoms with Crippen molar-refractivity contribution in [3.63, 3.8) is 0 Å². The van der Waals surface area contributed by atoms with Gasteiger partial charge < -0.3 is 24.7 Å². The number of pyridine rings is 1. The van der Waals surface area contributed by atoms with Crippen LogP contribution in [0.15, 0.2) is 48.8 Å². The minimum absolute atomic E-state index is 0.00745. The van der Waals surface area contributed by atoms with Crippen molar-refractivity contribution in [3.05, 3.63) is 54.4 Å². The van der Waals surface area contributed by atoms with E-state index >= 15 is 0 Å². The molecule has 2 aromatic rings. The predicted octanol–water partition coefficient (Wildman–Crippen LogP) is 1.36. The van der Waals surface area contributed by atoms with E-state index in [0.717, 1.165) is 0 Å². The maximum atomic E-state index is 7.52. The molecule has 7 nitrogen and oxygen atoms in total. The average Bonchev–Trinajstić information content (AvgIpc) is 3.20. The number of fused-ring (bicyclic) bond motifs is 1. The van der Waals surface area contributed by atoms with E-state index in [0.29, 0.717) is 30.3 Å². The van der Waals surface area contributed by atoms with Crippen molar-refractivity contribution in [2.45, 2.75) is 24.4 Å². The van der Waals surface area contributed by atoms with Crippen LogP contribution in [0.4, 0.5) is 0 Å². The number of nitrogens with two attached hydrogens (primary N) is 1. The van der Waals surface area contributed by atoms with E-state index in [1.807, 2.05) is 24.3 Å². The number of hydrogen-bond donors (Lipinski definition) is 2. The largest absolute Gasteiger partial charge is 0.485 e. The maximum Gasteiger partial charge on any atom is 0.151 e. The summed E-state index contributed by atoms with van der Waals surface area (Å²) in [6.45, 7) is 0.865. The van der Waals surface area contributed by atoms with E-state index in [2.05, 4.69) is 4.98 Å². The summed E-state index contributed by atoms with van der Waals surface area (Å²) in [6.07, 6.45) is 2.58. The zero-order valence-corrected chi connectivity index (χ0v) is 13.5. The van der Waals surface area contributed by atoms with E-state index in [-0.39, 0.29) is 30.3 Å². The number of nitrogens with one attached hydrogen (secondary N) is 1. The molecule has 3 heterocycles. The van der Waals surface area contributed by atoms with Gasteiger partial charge in [0.1, 0.15) is 29.5 Å². The lowest BCUT2D eigenvalue weighted by Crippen LogP contribution is -2.36. The molecule has 1 aromatic carbocycles. The van der Waals surface area contributed by atoms with Crippen LogP contribution >= 0.6 is 0 Å². The number of hydrogen-bond acceptors (Lipinski definition) is 6. The third-order valence-corrected chi connectivity index (χ3v) is 4.32. The zero-order valence-electron chi connectivity index (χ0n) is 13.5. The molecular weight excluding hydrogens is 322 g/mol. The Hall–Kier alpha value is -2.64. The molecule has 2 aliphatic rings. The Morgan fingerprint density at radius 2 is 1.72 bits per heavy atom. The maximum absolute atomic E-state index is 7.52.